The van der Waals surface area contributed by atoms with E-state index in [1.54, 1.807) is 12.1 Å². The molecular formula is C13H17ClFN3O. The minimum Gasteiger partial charge on any atom is -0.409 e. The number of hydrogen-bond acceptors (Lipinski definition) is 3. The van der Waals surface area contributed by atoms with Gasteiger partial charge in [-0.25, -0.2) is 4.39 Å². The first kappa shape index (κ1) is 14.1. The maximum Gasteiger partial charge on any atom is 0.156 e. The van der Waals surface area contributed by atoms with E-state index in [-0.39, 0.29) is 16.9 Å². The Labute approximate surface area is 116 Å². The Morgan fingerprint density at radius 2 is 2.32 bits per heavy atom. The molecular weight excluding hydrogens is 269 g/mol. The number of nitrogens with zero attached hydrogens (tertiary/aromatic N) is 2. The zero-order valence-electron chi connectivity index (χ0n) is 10.5. The first-order chi connectivity index (χ1) is 9.11. The van der Waals surface area contributed by atoms with Gasteiger partial charge in [-0.15, -0.1) is 0 Å². The van der Waals surface area contributed by atoms with Gasteiger partial charge >= 0.3 is 0 Å². The van der Waals surface area contributed by atoms with Crippen LogP contribution in [0.15, 0.2) is 23.4 Å². The van der Waals surface area contributed by atoms with Crippen molar-refractivity contribution >= 4 is 17.4 Å². The Hall–Kier alpha value is -1.33. The second-order valence-electron chi connectivity index (χ2n) is 4.76. The Bertz CT molecular complexity index is 481. The molecule has 1 saturated heterocycles. The molecule has 2 rings (SSSR count). The molecule has 1 aromatic rings. The van der Waals surface area contributed by atoms with Gasteiger partial charge in [-0.3, -0.25) is 4.90 Å². The third kappa shape index (κ3) is 3.36. The van der Waals surface area contributed by atoms with Gasteiger partial charge in [0.2, 0.25) is 0 Å². The highest BCUT2D eigenvalue weighted by Crippen LogP contribution is 2.22. The first-order valence-corrected chi connectivity index (χ1v) is 6.65. The molecule has 1 fully saturated rings. The zero-order chi connectivity index (χ0) is 13.8. The third-order valence-corrected chi connectivity index (χ3v) is 3.75. The van der Waals surface area contributed by atoms with Crippen LogP contribution in [0.2, 0.25) is 5.02 Å². The van der Waals surface area contributed by atoms with Crippen LogP contribution < -0.4 is 5.73 Å². The molecule has 1 heterocycles. The SMILES string of the molecule is N/C(=N/O)C1CCCCN1Cc1ccc(Cl)c(F)c1. The van der Waals surface area contributed by atoms with Crippen LogP contribution in [0, 0.1) is 5.82 Å². The minimum atomic E-state index is -0.420. The van der Waals surface area contributed by atoms with E-state index in [2.05, 4.69) is 10.1 Å². The van der Waals surface area contributed by atoms with Gasteiger partial charge < -0.3 is 10.9 Å². The lowest BCUT2D eigenvalue weighted by atomic mass is 10.0. The molecule has 104 valence electrons. The molecule has 1 aliphatic heterocycles. The summed E-state index contributed by atoms with van der Waals surface area (Å²) in [6.45, 7) is 1.42. The predicted molar refractivity (Wildman–Crippen MR) is 72.9 cm³/mol. The molecule has 0 radical (unpaired) electrons. The monoisotopic (exact) mass is 285 g/mol. The van der Waals surface area contributed by atoms with Crippen LogP contribution in [0.3, 0.4) is 0 Å². The Morgan fingerprint density at radius 3 is 3.00 bits per heavy atom. The number of hydrogen-bond donors (Lipinski definition) is 2. The first-order valence-electron chi connectivity index (χ1n) is 6.27. The molecule has 1 aromatic carbocycles. The number of halogens is 2. The van der Waals surface area contributed by atoms with Gasteiger partial charge in [0.1, 0.15) is 5.82 Å². The van der Waals surface area contributed by atoms with Crippen molar-refractivity contribution in [2.75, 3.05) is 6.54 Å². The second-order valence-corrected chi connectivity index (χ2v) is 5.16. The summed E-state index contributed by atoms with van der Waals surface area (Å²) in [5.74, 6) is -0.203. The van der Waals surface area contributed by atoms with Gasteiger partial charge in [0.25, 0.3) is 0 Å². The summed E-state index contributed by atoms with van der Waals surface area (Å²) in [6.07, 6.45) is 2.96. The molecule has 0 amide bonds. The normalized spacial score (nSPS) is 21.6. The van der Waals surface area contributed by atoms with Gasteiger partial charge in [0.15, 0.2) is 5.84 Å². The van der Waals surface area contributed by atoms with Gasteiger partial charge in [-0.05, 0) is 37.1 Å². The van der Waals surface area contributed by atoms with Crippen LogP contribution >= 0.6 is 11.6 Å². The maximum atomic E-state index is 13.4. The van der Waals surface area contributed by atoms with Crippen LogP contribution in [0.4, 0.5) is 4.39 Å². The van der Waals surface area contributed by atoms with E-state index in [1.807, 2.05) is 0 Å². The fourth-order valence-corrected chi connectivity index (χ4v) is 2.57. The highest BCUT2D eigenvalue weighted by atomic mass is 35.5. The average molecular weight is 286 g/mol. The number of amidine groups is 1. The zero-order valence-corrected chi connectivity index (χ0v) is 11.3. The lowest BCUT2D eigenvalue weighted by Gasteiger charge is -2.34. The van der Waals surface area contributed by atoms with Crippen molar-refractivity contribution in [3.63, 3.8) is 0 Å². The summed E-state index contributed by atoms with van der Waals surface area (Å²) < 4.78 is 13.4. The fourth-order valence-electron chi connectivity index (χ4n) is 2.45. The average Bonchev–Trinajstić information content (AvgIpc) is 2.43. The molecule has 0 spiro atoms. The van der Waals surface area contributed by atoms with E-state index in [1.165, 1.54) is 6.07 Å². The van der Waals surface area contributed by atoms with E-state index in [0.29, 0.717) is 6.54 Å². The van der Waals surface area contributed by atoms with Crippen molar-refractivity contribution in [2.45, 2.75) is 31.8 Å². The molecule has 3 N–H and O–H groups in total. The molecule has 6 heteroatoms. The standard InChI is InChI=1S/C13H17ClFN3O/c14-10-5-4-9(7-11(10)15)8-18-6-2-1-3-12(18)13(16)17-19/h4-5,7,12,19H,1-3,6,8H2,(H2,16,17). The van der Waals surface area contributed by atoms with Crippen LogP contribution in [-0.4, -0.2) is 28.5 Å². The number of oxime groups is 1. The summed E-state index contributed by atoms with van der Waals surface area (Å²) >= 11 is 5.66. The van der Waals surface area contributed by atoms with Crippen LogP contribution in [-0.2, 0) is 6.54 Å². The van der Waals surface area contributed by atoms with Crippen molar-refractivity contribution in [3.8, 4) is 0 Å². The Morgan fingerprint density at radius 1 is 1.53 bits per heavy atom. The topological polar surface area (TPSA) is 61.9 Å². The summed E-state index contributed by atoms with van der Waals surface area (Å²) in [5.41, 5.74) is 6.54. The molecule has 4 nitrogen and oxygen atoms in total. The number of piperidine rings is 1. The summed E-state index contributed by atoms with van der Waals surface area (Å²) in [6, 6.07) is 4.69. The van der Waals surface area contributed by atoms with Crippen molar-refractivity contribution in [2.24, 2.45) is 10.9 Å². The highest BCUT2D eigenvalue weighted by Gasteiger charge is 2.26. The Balaban J connectivity index is 2.12. The molecule has 19 heavy (non-hydrogen) atoms. The molecule has 1 aliphatic rings. The van der Waals surface area contributed by atoms with Crippen LogP contribution in [0.1, 0.15) is 24.8 Å². The number of rotatable bonds is 3. The van der Waals surface area contributed by atoms with E-state index < -0.39 is 5.82 Å². The number of benzene rings is 1. The molecule has 1 unspecified atom stereocenters. The smallest absolute Gasteiger partial charge is 0.156 e. The summed E-state index contributed by atoms with van der Waals surface area (Å²) in [5, 5.41) is 12.0. The maximum absolute atomic E-state index is 13.4. The van der Waals surface area contributed by atoms with Gasteiger partial charge in [-0.2, -0.15) is 0 Å². The lowest BCUT2D eigenvalue weighted by Crippen LogP contribution is -2.47. The summed E-state index contributed by atoms with van der Waals surface area (Å²) in [7, 11) is 0. The third-order valence-electron chi connectivity index (χ3n) is 3.44. The quantitative estimate of drug-likeness (QED) is 0.388. The fraction of sp³-hybridized carbons (Fsp3) is 0.462. The molecule has 0 saturated carbocycles. The van der Waals surface area contributed by atoms with Crippen molar-refractivity contribution in [1.29, 1.82) is 0 Å². The van der Waals surface area contributed by atoms with Gasteiger partial charge in [-0.1, -0.05) is 29.2 Å². The van der Waals surface area contributed by atoms with E-state index >= 15 is 0 Å². The van der Waals surface area contributed by atoms with E-state index in [0.717, 1.165) is 31.4 Å². The molecule has 0 bridgehead atoms. The summed E-state index contributed by atoms with van der Waals surface area (Å²) in [4.78, 5) is 2.10. The lowest BCUT2D eigenvalue weighted by molar-refractivity contribution is 0.178. The van der Waals surface area contributed by atoms with Crippen LogP contribution in [0.5, 0.6) is 0 Å². The molecule has 1 atom stereocenters. The largest absolute Gasteiger partial charge is 0.409 e. The van der Waals surface area contributed by atoms with E-state index in [4.69, 9.17) is 22.5 Å². The van der Waals surface area contributed by atoms with E-state index in [9.17, 15) is 4.39 Å². The molecule has 0 aromatic heterocycles. The van der Waals surface area contributed by atoms with Crippen molar-refractivity contribution in [1.82, 2.24) is 4.90 Å². The van der Waals surface area contributed by atoms with Crippen LogP contribution in [0.25, 0.3) is 0 Å². The van der Waals surface area contributed by atoms with Crippen molar-refractivity contribution < 1.29 is 9.60 Å². The van der Waals surface area contributed by atoms with Gasteiger partial charge in [0.05, 0.1) is 11.1 Å². The minimum absolute atomic E-state index is 0.0857. The predicted octanol–water partition coefficient (Wildman–Crippen LogP) is 2.58. The second kappa shape index (κ2) is 6.21. The van der Waals surface area contributed by atoms with Crippen molar-refractivity contribution in [3.05, 3.63) is 34.6 Å². The van der Waals surface area contributed by atoms with Gasteiger partial charge in [0, 0.05) is 6.54 Å². The number of likely N-dealkylation sites (tertiary alicyclic amines) is 1. The Kier molecular flexibility index (Phi) is 4.61. The number of nitrogens with two attached hydrogens (primary N) is 1. The molecule has 0 aliphatic carbocycles. The highest BCUT2D eigenvalue weighted by molar-refractivity contribution is 6.30.